The molecule has 6 rings (SSSR count). The molecule has 0 radical (unpaired) electrons. The molecule has 11 heteroatoms. The quantitative estimate of drug-likeness (QED) is 0.302. The van der Waals surface area contributed by atoms with Crippen LogP contribution in [0.25, 0.3) is 11.2 Å². The Balaban J connectivity index is 1.31. The number of hydrogen-bond acceptors (Lipinski definition) is 9. The number of fused-ring (bicyclic) bond motifs is 3. The van der Waals surface area contributed by atoms with Gasteiger partial charge in [-0.1, -0.05) is 24.3 Å². The molecule has 1 amide bonds. The Labute approximate surface area is 218 Å². The Morgan fingerprint density at radius 2 is 2.05 bits per heavy atom. The van der Waals surface area contributed by atoms with Crippen LogP contribution in [0.2, 0.25) is 0 Å². The molecule has 4 aromatic rings. The summed E-state index contributed by atoms with van der Waals surface area (Å²) in [6, 6.07) is 13.1. The number of nitrogens with two attached hydrogens (primary N) is 1. The van der Waals surface area contributed by atoms with Gasteiger partial charge >= 0.3 is 6.01 Å². The van der Waals surface area contributed by atoms with Gasteiger partial charge in [-0.25, -0.2) is 0 Å². The van der Waals surface area contributed by atoms with Gasteiger partial charge in [-0.15, -0.1) is 0 Å². The van der Waals surface area contributed by atoms with Gasteiger partial charge in [0.15, 0.2) is 17.0 Å². The summed E-state index contributed by atoms with van der Waals surface area (Å²) in [6.07, 6.45) is 5.35. The third-order valence-electron chi connectivity index (χ3n) is 6.51. The summed E-state index contributed by atoms with van der Waals surface area (Å²) in [5, 5.41) is 16.7. The number of allylic oxidation sites excluding steroid dienone is 1. The molecule has 0 saturated carbocycles. The van der Waals surface area contributed by atoms with Crippen LogP contribution in [0, 0.1) is 0 Å². The monoisotopic (exact) mass is 513 g/mol. The van der Waals surface area contributed by atoms with E-state index in [1.54, 1.807) is 16.7 Å². The molecule has 0 atom stereocenters. The van der Waals surface area contributed by atoms with Crippen LogP contribution in [-0.2, 0) is 13.0 Å². The third kappa shape index (κ3) is 4.83. The second kappa shape index (κ2) is 10.0. The van der Waals surface area contributed by atoms with E-state index in [0.29, 0.717) is 54.2 Å². The summed E-state index contributed by atoms with van der Waals surface area (Å²) in [4.78, 5) is 25.3. The summed E-state index contributed by atoms with van der Waals surface area (Å²) in [5.74, 6) is 1.27. The Hall–Kier alpha value is -4.64. The standard InChI is InChI=1S/C27H27N7O4/c28-23-22-24-33-26(32-23)37-10-3-1-2-5-17-11-16(15-34(24)27(36)31-22)8-9-21(17)38-20-7-4-6-18(12-20)25(35)30-19-13-29-14-19/h1-2,4,6-9,11-12,19,29H,3,5,10,13-15H2,(H,30,35)(H,31,36)(H2,28,32,33)/b2-1-. The Morgan fingerprint density at radius 1 is 1.16 bits per heavy atom. The zero-order valence-electron chi connectivity index (χ0n) is 20.6. The predicted octanol–water partition coefficient (Wildman–Crippen LogP) is 2.54. The predicted molar refractivity (Wildman–Crippen MR) is 141 cm³/mol. The van der Waals surface area contributed by atoms with Crippen LogP contribution >= 0.6 is 0 Å². The Kier molecular flexibility index (Phi) is 6.26. The van der Waals surface area contributed by atoms with Gasteiger partial charge in [0.25, 0.3) is 11.9 Å². The van der Waals surface area contributed by atoms with Gasteiger partial charge in [0.2, 0.25) is 0 Å². The fourth-order valence-electron chi connectivity index (χ4n) is 4.41. The largest absolute Gasteiger partial charge is 0.480 e. The van der Waals surface area contributed by atoms with Crippen LogP contribution in [0.5, 0.6) is 23.5 Å². The number of nitrogen functional groups attached to an aromatic ring is 1. The molecule has 194 valence electrons. The number of carbonyl (C=O) groups excluding carboxylic acids is 1. The first-order valence-corrected chi connectivity index (χ1v) is 12.5. The number of amides is 1. The summed E-state index contributed by atoms with van der Waals surface area (Å²) < 4.78 is 13.5. The third-order valence-corrected chi connectivity index (χ3v) is 6.51. The molecule has 11 nitrogen and oxygen atoms in total. The minimum absolute atomic E-state index is 0.121. The van der Waals surface area contributed by atoms with E-state index < -0.39 is 0 Å². The molecule has 0 aliphatic carbocycles. The van der Waals surface area contributed by atoms with E-state index in [-0.39, 0.29) is 29.8 Å². The Bertz CT molecular complexity index is 1540. The Morgan fingerprint density at radius 3 is 2.89 bits per heavy atom. The van der Waals surface area contributed by atoms with Crippen molar-refractivity contribution < 1.29 is 19.4 Å². The highest BCUT2D eigenvalue weighted by molar-refractivity contribution is 5.94. The van der Waals surface area contributed by atoms with E-state index in [1.807, 2.05) is 36.4 Å². The molecule has 0 unspecified atom stereocenters. The SMILES string of the molecule is Nc1nc2nc3c1nc(O)n3Cc1ccc(Oc3cccc(C(=O)NC4CNC4)c3)c(c1)C/C=C\CCO2. The number of ether oxygens (including phenoxy) is 2. The lowest BCUT2D eigenvalue weighted by Crippen LogP contribution is -2.56. The van der Waals surface area contributed by atoms with Gasteiger partial charge in [-0.2, -0.15) is 15.0 Å². The lowest BCUT2D eigenvalue weighted by atomic mass is 10.1. The molecule has 2 aliphatic rings. The minimum Gasteiger partial charge on any atom is -0.480 e. The second-order valence-electron chi connectivity index (χ2n) is 9.27. The summed E-state index contributed by atoms with van der Waals surface area (Å²) >= 11 is 0. The fourth-order valence-corrected chi connectivity index (χ4v) is 4.41. The van der Waals surface area contributed by atoms with Gasteiger partial charge < -0.3 is 30.9 Å². The molecule has 2 aliphatic heterocycles. The minimum atomic E-state index is -0.209. The summed E-state index contributed by atoms with van der Waals surface area (Å²) in [5.41, 5.74) is 9.17. The van der Waals surface area contributed by atoms with Crippen molar-refractivity contribution in [3.05, 3.63) is 71.3 Å². The van der Waals surface area contributed by atoms with Crippen LogP contribution in [-0.4, -0.2) is 56.3 Å². The molecular weight excluding hydrogens is 486 g/mol. The van der Waals surface area contributed by atoms with Crippen molar-refractivity contribution in [1.29, 1.82) is 0 Å². The highest BCUT2D eigenvalue weighted by atomic mass is 16.5. The zero-order valence-corrected chi connectivity index (χ0v) is 20.6. The maximum atomic E-state index is 12.6. The first kappa shape index (κ1) is 23.7. The van der Waals surface area contributed by atoms with Gasteiger partial charge in [-0.3, -0.25) is 9.36 Å². The molecule has 1 saturated heterocycles. The van der Waals surface area contributed by atoms with Crippen LogP contribution in [0.4, 0.5) is 5.82 Å². The number of hydrogen-bond donors (Lipinski definition) is 4. The fraction of sp³-hybridized carbons (Fsp3) is 0.259. The van der Waals surface area contributed by atoms with Crippen molar-refractivity contribution in [2.24, 2.45) is 0 Å². The van der Waals surface area contributed by atoms with Crippen molar-refractivity contribution in [1.82, 2.24) is 30.2 Å². The van der Waals surface area contributed by atoms with Crippen LogP contribution < -0.4 is 25.8 Å². The second-order valence-corrected chi connectivity index (χ2v) is 9.27. The van der Waals surface area contributed by atoms with Crippen molar-refractivity contribution in [3.8, 4) is 23.5 Å². The normalized spacial score (nSPS) is 16.3. The molecule has 38 heavy (non-hydrogen) atoms. The average Bonchev–Trinajstić information content (AvgIpc) is 3.20. The van der Waals surface area contributed by atoms with E-state index >= 15 is 0 Å². The maximum Gasteiger partial charge on any atom is 0.320 e. The highest BCUT2D eigenvalue weighted by Crippen LogP contribution is 2.30. The van der Waals surface area contributed by atoms with E-state index in [2.05, 4.69) is 31.7 Å². The van der Waals surface area contributed by atoms with Gasteiger partial charge in [0.05, 0.1) is 19.2 Å². The average molecular weight is 514 g/mol. The first-order valence-electron chi connectivity index (χ1n) is 12.5. The molecule has 0 spiro atoms. The van der Waals surface area contributed by atoms with Crippen molar-refractivity contribution >= 4 is 22.9 Å². The molecule has 5 N–H and O–H groups in total. The number of nitrogens with one attached hydrogen (secondary N) is 2. The molecule has 2 aromatic carbocycles. The van der Waals surface area contributed by atoms with Crippen molar-refractivity contribution in [3.63, 3.8) is 0 Å². The molecule has 2 aromatic heterocycles. The number of anilines is 1. The van der Waals surface area contributed by atoms with Gasteiger partial charge in [0.1, 0.15) is 11.5 Å². The van der Waals surface area contributed by atoms with Gasteiger partial charge in [-0.05, 0) is 54.3 Å². The van der Waals surface area contributed by atoms with E-state index in [4.69, 9.17) is 15.2 Å². The number of nitrogens with zero attached hydrogens (tertiary/aromatic N) is 4. The lowest BCUT2D eigenvalue weighted by molar-refractivity contribution is 0.0923. The number of carbonyl (C=O) groups is 1. The number of aromatic nitrogens is 4. The highest BCUT2D eigenvalue weighted by Gasteiger charge is 2.20. The first-order chi connectivity index (χ1) is 18.5. The van der Waals surface area contributed by atoms with E-state index in [9.17, 15) is 9.90 Å². The maximum absolute atomic E-state index is 12.6. The van der Waals surface area contributed by atoms with E-state index in [0.717, 1.165) is 24.2 Å². The molecule has 4 bridgehead atoms. The smallest absolute Gasteiger partial charge is 0.320 e. The zero-order chi connectivity index (χ0) is 26.1. The van der Waals surface area contributed by atoms with Crippen molar-refractivity contribution in [2.75, 3.05) is 25.4 Å². The number of imidazole rings is 1. The molecule has 4 heterocycles. The number of aromatic hydroxyl groups is 1. The molecule has 1 fully saturated rings. The van der Waals surface area contributed by atoms with Gasteiger partial charge in [0, 0.05) is 18.7 Å². The number of benzene rings is 2. The van der Waals surface area contributed by atoms with Crippen LogP contribution in [0.1, 0.15) is 27.9 Å². The lowest BCUT2D eigenvalue weighted by Gasteiger charge is -2.27. The summed E-state index contributed by atoms with van der Waals surface area (Å²) in [6.45, 7) is 2.24. The molecular formula is C27H27N7O4. The van der Waals surface area contributed by atoms with Crippen LogP contribution in [0.3, 0.4) is 0 Å². The van der Waals surface area contributed by atoms with Crippen LogP contribution in [0.15, 0.2) is 54.6 Å². The van der Waals surface area contributed by atoms with Crippen molar-refractivity contribution in [2.45, 2.75) is 25.4 Å². The summed E-state index contributed by atoms with van der Waals surface area (Å²) in [7, 11) is 0. The van der Waals surface area contributed by atoms with E-state index in [1.165, 1.54) is 0 Å². The topological polar surface area (TPSA) is 149 Å². The number of rotatable bonds is 4.